The number of H-pyrrole nitrogens is 1. The van der Waals surface area contributed by atoms with E-state index < -0.39 is 23.4 Å². The third-order valence-electron chi connectivity index (χ3n) is 4.31. The van der Waals surface area contributed by atoms with Crippen LogP contribution in [-0.2, 0) is 20.7 Å². The van der Waals surface area contributed by atoms with E-state index in [-0.39, 0.29) is 17.8 Å². The maximum atomic E-state index is 12.0. The number of amides is 1. The molecule has 0 aliphatic carbocycles. The van der Waals surface area contributed by atoms with Crippen LogP contribution in [0.3, 0.4) is 0 Å². The van der Waals surface area contributed by atoms with Crippen LogP contribution in [0.5, 0.6) is 5.75 Å². The number of ether oxygens (including phenoxy) is 2. The first-order valence-corrected chi connectivity index (χ1v) is 8.81. The molecule has 0 aliphatic heterocycles. The molecule has 0 fully saturated rings. The van der Waals surface area contributed by atoms with Gasteiger partial charge in [-0.05, 0) is 30.2 Å². The van der Waals surface area contributed by atoms with Gasteiger partial charge in [0.05, 0.1) is 18.1 Å². The number of fused-ring (bicyclic) bond motifs is 1. The van der Waals surface area contributed by atoms with Crippen molar-refractivity contribution in [2.75, 3.05) is 19.0 Å². The molecule has 3 aromatic rings. The van der Waals surface area contributed by atoms with Crippen molar-refractivity contribution in [2.24, 2.45) is 0 Å². The molecule has 9 nitrogen and oxygen atoms in total. The number of hydrogen-bond acceptors (Lipinski definition) is 6. The maximum Gasteiger partial charge on any atom is 0.306 e. The van der Waals surface area contributed by atoms with Gasteiger partial charge in [-0.25, -0.2) is 0 Å². The van der Waals surface area contributed by atoms with Gasteiger partial charge in [-0.1, -0.05) is 18.2 Å². The Hall–Kier alpha value is -3.88. The molecular weight excluding hydrogens is 378 g/mol. The fraction of sp³-hybridized carbons (Fsp3) is 0.200. The van der Waals surface area contributed by atoms with Crippen LogP contribution in [0.2, 0.25) is 0 Å². The van der Waals surface area contributed by atoms with Gasteiger partial charge in [-0.2, -0.15) is 0 Å². The van der Waals surface area contributed by atoms with Crippen LogP contribution < -0.4 is 10.1 Å². The third kappa shape index (κ3) is 4.89. The largest absolute Gasteiger partial charge is 0.496 e. The summed E-state index contributed by atoms with van der Waals surface area (Å²) in [5.74, 6) is -0.910. The number of para-hydroxylation sites is 1. The molecule has 3 rings (SSSR count). The van der Waals surface area contributed by atoms with Crippen LogP contribution >= 0.6 is 0 Å². The van der Waals surface area contributed by atoms with Gasteiger partial charge in [-0.3, -0.25) is 19.7 Å². The standard InChI is InChI=1S/C20H19N3O6/c1-28-14-7-8-17(18(10-14)23(26)27)22-19(24)12-29-20(25)9-6-13-11-21-16-5-3-2-4-15(13)16/h2-5,7-8,10-11,21H,6,9,12H2,1H3,(H,22,24). The molecule has 0 saturated heterocycles. The number of aromatic amines is 1. The van der Waals surface area contributed by atoms with E-state index in [1.807, 2.05) is 30.5 Å². The number of rotatable bonds is 8. The SMILES string of the molecule is COc1ccc(NC(=O)COC(=O)CCc2c[nH]c3ccccc23)c([N+](=O)[O-])c1. The molecule has 0 aliphatic rings. The Kier molecular flexibility index (Phi) is 6.08. The Morgan fingerprint density at radius 1 is 1.21 bits per heavy atom. The monoisotopic (exact) mass is 397 g/mol. The molecule has 1 aromatic heterocycles. The fourth-order valence-corrected chi connectivity index (χ4v) is 2.87. The number of methoxy groups -OCH3 is 1. The minimum absolute atomic E-state index is 0.00404. The summed E-state index contributed by atoms with van der Waals surface area (Å²) in [5.41, 5.74) is 1.64. The summed E-state index contributed by atoms with van der Waals surface area (Å²) >= 11 is 0. The molecule has 0 atom stereocenters. The lowest BCUT2D eigenvalue weighted by molar-refractivity contribution is -0.384. The van der Waals surface area contributed by atoms with E-state index in [1.165, 1.54) is 25.3 Å². The average molecular weight is 397 g/mol. The fourth-order valence-electron chi connectivity index (χ4n) is 2.87. The Morgan fingerprint density at radius 2 is 2.00 bits per heavy atom. The smallest absolute Gasteiger partial charge is 0.306 e. The zero-order valence-corrected chi connectivity index (χ0v) is 15.6. The highest BCUT2D eigenvalue weighted by Gasteiger charge is 2.18. The number of anilines is 1. The highest BCUT2D eigenvalue weighted by molar-refractivity contribution is 5.95. The molecule has 0 unspecified atom stereocenters. The van der Waals surface area contributed by atoms with Crippen molar-refractivity contribution >= 4 is 34.2 Å². The zero-order chi connectivity index (χ0) is 20.8. The predicted octanol–water partition coefficient (Wildman–Crippen LogP) is 3.20. The van der Waals surface area contributed by atoms with Gasteiger partial charge in [0.25, 0.3) is 11.6 Å². The molecule has 2 N–H and O–H groups in total. The molecule has 0 radical (unpaired) electrons. The number of aromatic nitrogens is 1. The summed E-state index contributed by atoms with van der Waals surface area (Å²) < 4.78 is 9.92. The van der Waals surface area contributed by atoms with Crippen LogP contribution in [0.25, 0.3) is 10.9 Å². The van der Waals surface area contributed by atoms with Crippen LogP contribution in [-0.4, -0.2) is 35.5 Å². The Morgan fingerprint density at radius 3 is 2.76 bits per heavy atom. The molecule has 1 heterocycles. The second-order valence-electron chi connectivity index (χ2n) is 6.21. The first-order valence-electron chi connectivity index (χ1n) is 8.81. The van der Waals surface area contributed by atoms with Crippen molar-refractivity contribution in [3.8, 4) is 5.75 Å². The quantitative estimate of drug-likeness (QED) is 0.342. The van der Waals surface area contributed by atoms with Crippen molar-refractivity contribution < 1.29 is 24.0 Å². The Labute approximate surface area is 165 Å². The number of aryl methyl sites for hydroxylation is 1. The lowest BCUT2D eigenvalue weighted by Gasteiger charge is -2.08. The Balaban J connectivity index is 1.51. The second kappa shape index (κ2) is 8.87. The number of carbonyl (C=O) groups is 2. The molecule has 150 valence electrons. The summed E-state index contributed by atoms with van der Waals surface area (Å²) in [6.45, 7) is -0.532. The second-order valence-corrected chi connectivity index (χ2v) is 6.21. The van der Waals surface area contributed by atoms with Gasteiger partial charge in [0.15, 0.2) is 6.61 Å². The lowest BCUT2D eigenvalue weighted by Crippen LogP contribution is -2.21. The molecule has 1 amide bonds. The minimum atomic E-state index is -0.668. The van der Waals surface area contributed by atoms with Gasteiger partial charge < -0.3 is 19.8 Å². The predicted molar refractivity (Wildman–Crippen MR) is 106 cm³/mol. The molecular formula is C20H19N3O6. The molecule has 29 heavy (non-hydrogen) atoms. The van der Waals surface area contributed by atoms with Crippen LogP contribution in [0.15, 0.2) is 48.7 Å². The summed E-state index contributed by atoms with van der Waals surface area (Å²) in [4.78, 5) is 37.6. The molecule has 9 heteroatoms. The molecule has 2 aromatic carbocycles. The highest BCUT2D eigenvalue weighted by atomic mass is 16.6. The van der Waals surface area contributed by atoms with Crippen LogP contribution in [0.4, 0.5) is 11.4 Å². The zero-order valence-electron chi connectivity index (χ0n) is 15.6. The Bertz CT molecular complexity index is 1060. The first kappa shape index (κ1) is 19.9. The number of esters is 1. The van der Waals surface area contributed by atoms with E-state index in [9.17, 15) is 19.7 Å². The number of nitro benzene ring substituents is 1. The van der Waals surface area contributed by atoms with Crippen molar-refractivity contribution in [1.82, 2.24) is 4.98 Å². The van der Waals surface area contributed by atoms with Gasteiger partial charge in [-0.15, -0.1) is 0 Å². The van der Waals surface area contributed by atoms with Crippen LogP contribution in [0.1, 0.15) is 12.0 Å². The number of nitrogens with zero attached hydrogens (tertiary/aromatic N) is 1. The topological polar surface area (TPSA) is 124 Å². The van der Waals surface area contributed by atoms with Gasteiger partial charge in [0.2, 0.25) is 0 Å². The van der Waals surface area contributed by atoms with Gasteiger partial charge in [0, 0.05) is 23.5 Å². The van der Waals surface area contributed by atoms with Gasteiger partial charge >= 0.3 is 5.97 Å². The third-order valence-corrected chi connectivity index (χ3v) is 4.31. The van der Waals surface area contributed by atoms with E-state index >= 15 is 0 Å². The highest BCUT2D eigenvalue weighted by Crippen LogP contribution is 2.28. The molecule has 0 spiro atoms. The van der Waals surface area contributed by atoms with E-state index in [0.29, 0.717) is 12.2 Å². The number of benzene rings is 2. The number of carbonyl (C=O) groups excluding carboxylic acids is 2. The van der Waals surface area contributed by atoms with E-state index in [4.69, 9.17) is 9.47 Å². The summed E-state index contributed by atoms with van der Waals surface area (Å²) in [6, 6.07) is 11.8. The number of nitro groups is 1. The van der Waals surface area contributed by atoms with Crippen molar-refractivity contribution in [1.29, 1.82) is 0 Å². The van der Waals surface area contributed by atoms with E-state index in [0.717, 1.165) is 16.5 Å². The van der Waals surface area contributed by atoms with Crippen molar-refractivity contribution in [2.45, 2.75) is 12.8 Å². The summed E-state index contributed by atoms with van der Waals surface area (Å²) in [6.07, 6.45) is 2.42. The summed E-state index contributed by atoms with van der Waals surface area (Å²) in [5, 5.41) is 14.5. The van der Waals surface area contributed by atoms with Crippen LogP contribution in [0, 0.1) is 10.1 Å². The summed E-state index contributed by atoms with van der Waals surface area (Å²) in [7, 11) is 1.38. The molecule has 0 saturated carbocycles. The van der Waals surface area contributed by atoms with Gasteiger partial charge in [0.1, 0.15) is 11.4 Å². The molecule has 0 bridgehead atoms. The van der Waals surface area contributed by atoms with E-state index in [1.54, 1.807) is 0 Å². The van der Waals surface area contributed by atoms with E-state index in [2.05, 4.69) is 10.3 Å². The van der Waals surface area contributed by atoms with Crippen molar-refractivity contribution in [3.63, 3.8) is 0 Å². The number of nitrogens with one attached hydrogen (secondary N) is 2. The van der Waals surface area contributed by atoms with Crippen molar-refractivity contribution in [3.05, 3.63) is 64.3 Å². The minimum Gasteiger partial charge on any atom is -0.496 e. The number of hydrogen-bond donors (Lipinski definition) is 2. The first-order chi connectivity index (χ1) is 14.0. The normalized spacial score (nSPS) is 10.5. The lowest BCUT2D eigenvalue weighted by atomic mass is 10.1. The average Bonchev–Trinajstić information content (AvgIpc) is 3.14. The maximum absolute atomic E-state index is 12.0.